The number of unbranched alkanes of at least 4 members (excludes halogenated alkanes) is 2. The summed E-state index contributed by atoms with van der Waals surface area (Å²) in [5.41, 5.74) is 5.32. The zero-order valence-electron chi connectivity index (χ0n) is 21.4. The Bertz CT molecular complexity index is 1650. The molecule has 1 heterocycles. The first-order valence-corrected chi connectivity index (χ1v) is 13.9. The van der Waals surface area contributed by atoms with Crippen molar-refractivity contribution >= 4 is 31.5 Å². The fraction of sp³-hybridized carbons (Fsp3) is 0.200. The summed E-state index contributed by atoms with van der Waals surface area (Å²) in [6.07, 6.45) is 4.42. The monoisotopic (exact) mass is 498 g/mol. The Balaban J connectivity index is 1.30. The maximum absolute atomic E-state index is 5.80. The molecule has 0 aliphatic carbocycles. The average molecular weight is 499 g/mol. The van der Waals surface area contributed by atoms with Crippen LogP contribution < -0.4 is 4.74 Å². The standard InChI is InChI=1S/C35H30OS/c1-3-5-8-23-36-31-20-15-26(16-21-31)13-18-30-19-14-27(24-29(30)4-2)11-12-28-17-22-33-32-9-6-7-10-34(32)37-35(33)25-28/h6-7,9-10,14-17,19-22,24-25H,3-5,8,23H2,1-2H3. The highest BCUT2D eigenvalue weighted by atomic mass is 32.1. The summed E-state index contributed by atoms with van der Waals surface area (Å²) in [7, 11) is 0. The van der Waals surface area contributed by atoms with E-state index in [0.717, 1.165) is 47.5 Å². The van der Waals surface area contributed by atoms with Crippen LogP contribution in [0.5, 0.6) is 5.75 Å². The average Bonchev–Trinajstić information content (AvgIpc) is 3.32. The quantitative estimate of drug-likeness (QED) is 0.168. The summed E-state index contributed by atoms with van der Waals surface area (Å²) >= 11 is 1.82. The lowest BCUT2D eigenvalue weighted by Crippen LogP contribution is -1.96. The molecular weight excluding hydrogens is 468 g/mol. The Hall–Kier alpha value is -3.98. The summed E-state index contributed by atoms with van der Waals surface area (Å²) < 4.78 is 8.40. The van der Waals surface area contributed by atoms with E-state index < -0.39 is 0 Å². The van der Waals surface area contributed by atoms with Crippen molar-refractivity contribution in [1.29, 1.82) is 0 Å². The molecule has 37 heavy (non-hydrogen) atoms. The van der Waals surface area contributed by atoms with Gasteiger partial charge in [-0.3, -0.25) is 0 Å². The van der Waals surface area contributed by atoms with Crippen molar-refractivity contribution in [1.82, 2.24) is 0 Å². The predicted octanol–water partition coefficient (Wildman–Crippen LogP) is 8.99. The first-order chi connectivity index (χ1) is 18.2. The molecule has 0 N–H and O–H groups in total. The van der Waals surface area contributed by atoms with E-state index in [0.29, 0.717) is 0 Å². The second kappa shape index (κ2) is 11.8. The van der Waals surface area contributed by atoms with Crippen molar-refractivity contribution in [2.75, 3.05) is 6.61 Å². The Morgan fingerprint density at radius 2 is 1.35 bits per heavy atom. The maximum Gasteiger partial charge on any atom is 0.119 e. The van der Waals surface area contributed by atoms with Crippen LogP contribution in [-0.2, 0) is 6.42 Å². The van der Waals surface area contributed by atoms with E-state index in [1.54, 1.807) is 0 Å². The fourth-order valence-corrected chi connectivity index (χ4v) is 5.50. The van der Waals surface area contributed by atoms with Gasteiger partial charge in [0.25, 0.3) is 0 Å². The van der Waals surface area contributed by atoms with Gasteiger partial charge >= 0.3 is 0 Å². The number of aryl methyl sites for hydroxylation is 1. The highest BCUT2D eigenvalue weighted by molar-refractivity contribution is 7.25. The topological polar surface area (TPSA) is 9.23 Å². The molecule has 0 fully saturated rings. The van der Waals surface area contributed by atoms with Crippen molar-refractivity contribution in [3.8, 4) is 29.4 Å². The molecule has 4 aromatic carbocycles. The molecule has 0 aliphatic rings. The van der Waals surface area contributed by atoms with E-state index in [2.05, 4.69) is 98.2 Å². The molecule has 0 saturated carbocycles. The van der Waals surface area contributed by atoms with Gasteiger partial charge in [0.15, 0.2) is 0 Å². The lowest BCUT2D eigenvalue weighted by molar-refractivity contribution is 0.306. The maximum atomic E-state index is 5.80. The van der Waals surface area contributed by atoms with Gasteiger partial charge in [0, 0.05) is 42.4 Å². The molecule has 0 unspecified atom stereocenters. The molecule has 2 heteroatoms. The molecule has 0 saturated heterocycles. The van der Waals surface area contributed by atoms with Crippen LogP contribution in [0.15, 0.2) is 84.9 Å². The largest absolute Gasteiger partial charge is 0.494 e. The molecular formula is C35H30OS. The van der Waals surface area contributed by atoms with E-state index >= 15 is 0 Å². The number of benzene rings is 4. The van der Waals surface area contributed by atoms with Crippen LogP contribution in [0.2, 0.25) is 0 Å². The van der Waals surface area contributed by atoms with Gasteiger partial charge in [0.2, 0.25) is 0 Å². The molecule has 1 nitrogen and oxygen atoms in total. The second-order valence-electron chi connectivity index (χ2n) is 9.11. The minimum Gasteiger partial charge on any atom is -0.494 e. The van der Waals surface area contributed by atoms with E-state index in [1.165, 1.54) is 38.6 Å². The van der Waals surface area contributed by atoms with Crippen LogP contribution in [0.4, 0.5) is 0 Å². The first kappa shape index (κ1) is 24.7. The third-order valence-corrected chi connectivity index (χ3v) is 7.56. The lowest BCUT2D eigenvalue weighted by Gasteiger charge is -2.05. The normalized spacial score (nSPS) is 10.5. The van der Waals surface area contributed by atoms with Gasteiger partial charge in [-0.1, -0.05) is 74.6 Å². The Kier molecular flexibility index (Phi) is 7.90. The number of rotatable bonds is 6. The number of fused-ring (bicyclic) bond motifs is 3. The van der Waals surface area contributed by atoms with Crippen LogP contribution in [0, 0.1) is 23.7 Å². The van der Waals surface area contributed by atoms with Crippen LogP contribution in [0.25, 0.3) is 20.2 Å². The van der Waals surface area contributed by atoms with Crippen LogP contribution >= 0.6 is 11.3 Å². The van der Waals surface area contributed by atoms with Crippen molar-refractivity contribution in [2.45, 2.75) is 39.5 Å². The second-order valence-corrected chi connectivity index (χ2v) is 10.2. The molecule has 0 amide bonds. The summed E-state index contributed by atoms with van der Waals surface area (Å²) in [5.74, 6) is 14.3. The zero-order valence-corrected chi connectivity index (χ0v) is 22.3. The molecule has 0 aliphatic heterocycles. The zero-order chi connectivity index (χ0) is 25.5. The number of thiophene rings is 1. The molecule has 0 spiro atoms. The van der Waals surface area contributed by atoms with Crippen LogP contribution in [-0.4, -0.2) is 6.61 Å². The Morgan fingerprint density at radius 1 is 0.649 bits per heavy atom. The van der Waals surface area contributed by atoms with Gasteiger partial charge < -0.3 is 4.74 Å². The lowest BCUT2D eigenvalue weighted by atomic mass is 10.0. The van der Waals surface area contributed by atoms with Crippen molar-refractivity contribution in [2.24, 2.45) is 0 Å². The SMILES string of the molecule is CCCCCOc1ccc(C#Cc2ccc(C#Cc3ccc4c(c3)sc3ccccc34)cc2CC)cc1. The van der Waals surface area contributed by atoms with Gasteiger partial charge in [0.1, 0.15) is 5.75 Å². The summed E-state index contributed by atoms with van der Waals surface area (Å²) in [6.45, 7) is 5.14. The summed E-state index contributed by atoms with van der Waals surface area (Å²) in [4.78, 5) is 0. The molecule has 1 aromatic heterocycles. The van der Waals surface area contributed by atoms with Crippen molar-refractivity contribution < 1.29 is 4.74 Å². The van der Waals surface area contributed by atoms with Gasteiger partial charge in [0.05, 0.1) is 6.61 Å². The molecule has 5 rings (SSSR count). The third kappa shape index (κ3) is 6.06. The van der Waals surface area contributed by atoms with Gasteiger partial charge in [-0.05, 0) is 79.1 Å². The number of hydrogen-bond acceptors (Lipinski definition) is 2. The molecule has 5 aromatic rings. The molecule has 182 valence electrons. The highest BCUT2D eigenvalue weighted by Gasteiger charge is 2.04. The van der Waals surface area contributed by atoms with Gasteiger partial charge in [-0.25, -0.2) is 0 Å². The minimum atomic E-state index is 0.771. The van der Waals surface area contributed by atoms with E-state index in [-0.39, 0.29) is 0 Å². The van der Waals surface area contributed by atoms with Gasteiger partial charge in [-0.15, -0.1) is 11.3 Å². The number of ether oxygens (including phenoxy) is 1. The minimum absolute atomic E-state index is 0.771. The summed E-state index contributed by atoms with van der Waals surface area (Å²) in [6, 6.07) is 29.5. The fourth-order valence-electron chi connectivity index (χ4n) is 4.35. The van der Waals surface area contributed by atoms with E-state index in [9.17, 15) is 0 Å². The van der Waals surface area contributed by atoms with E-state index in [1.807, 2.05) is 35.6 Å². The Labute approximate surface area is 224 Å². The molecule has 0 atom stereocenters. The van der Waals surface area contributed by atoms with E-state index in [4.69, 9.17) is 4.74 Å². The first-order valence-electron chi connectivity index (χ1n) is 13.0. The van der Waals surface area contributed by atoms with Crippen molar-refractivity contribution in [3.05, 3.63) is 113 Å². The Morgan fingerprint density at radius 3 is 2.16 bits per heavy atom. The summed E-state index contributed by atoms with van der Waals surface area (Å²) in [5, 5.41) is 2.62. The predicted molar refractivity (Wildman–Crippen MR) is 159 cm³/mol. The van der Waals surface area contributed by atoms with Crippen LogP contribution in [0.3, 0.4) is 0 Å². The van der Waals surface area contributed by atoms with Crippen LogP contribution in [0.1, 0.15) is 60.9 Å². The highest BCUT2D eigenvalue weighted by Crippen LogP contribution is 2.33. The molecule has 0 radical (unpaired) electrons. The third-order valence-electron chi connectivity index (χ3n) is 6.43. The van der Waals surface area contributed by atoms with Gasteiger partial charge in [-0.2, -0.15) is 0 Å². The molecule has 0 bridgehead atoms. The smallest absolute Gasteiger partial charge is 0.119 e. The number of hydrogen-bond donors (Lipinski definition) is 0. The van der Waals surface area contributed by atoms with Crippen molar-refractivity contribution in [3.63, 3.8) is 0 Å².